The van der Waals surface area contributed by atoms with Crippen molar-refractivity contribution in [3.63, 3.8) is 0 Å². The van der Waals surface area contributed by atoms with Crippen LogP contribution in [-0.4, -0.2) is 24.8 Å². The van der Waals surface area contributed by atoms with Gasteiger partial charge in [-0.3, -0.25) is 0 Å². The highest BCUT2D eigenvalue weighted by Gasteiger charge is 2.39. The van der Waals surface area contributed by atoms with Crippen LogP contribution in [0.4, 0.5) is 0 Å². The highest BCUT2D eigenvalue weighted by molar-refractivity contribution is 6.29. The van der Waals surface area contributed by atoms with Crippen LogP contribution in [0.5, 0.6) is 0 Å². The van der Waals surface area contributed by atoms with Gasteiger partial charge in [-0.15, -0.1) is 0 Å². The maximum atomic E-state index is 5.97. The van der Waals surface area contributed by atoms with Gasteiger partial charge < -0.3 is 10.1 Å². The second kappa shape index (κ2) is 4.86. The predicted octanol–water partition coefficient (Wildman–Crippen LogP) is 2.82. The summed E-state index contributed by atoms with van der Waals surface area (Å²) in [4.78, 5) is 0. The lowest BCUT2D eigenvalue weighted by Crippen LogP contribution is -2.45. The lowest BCUT2D eigenvalue weighted by molar-refractivity contribution is -0.0832. The first-order chi connectivity index (χ1) is 7.20. The molecule has 3 heteroatoms. The third kappa shape index (κ3) is 2.96. The van der Waals surface area contributed by atoms with Crippen molar-refractivity contribution >= 4 is 11.6 Å². The third-order valence-corrected chi connectivity index (χ3v) is 3.72. The minimum atomic E-state index is 0.198. The van der Waals surface area contributed by atoms with E-state index in [1.807, 2.05) is 0 Å². The van der Waals surface area contributed by atoms with Crippen molar-refractivity contribution < 1.29 is 4.74 Å². The molecule has 15 heavy (non-hydrogen) atoms. The maximum absolute atomic E-state index is 5.97. The van der Waals surface area contributed by atoms with Gasteiger partial charge in [0.25, 0.3) is 0 Å². The first-order valence-electron chi connectivity index (χ1n) is 5.91. The van der Waals surface area contributed by atoms with Gasteiger partial charge in [0.05, 0.1) is 5.60 Å². The molecule has 0 aromatic rings. The molecule has 2 rings (SSSR count). The Hall–Kier alpha value is -0.0500. The summed E-state index contributed by atoms with van der Waals surface area (Å²) in [5.41, 5.74) is 0.198. The van der Waals surface area contributed by atoms with E-state index in [4.69, 9.17) is 16.3 Å². The van der Waals surface area contributed by atoms with Gasteiger partial charge >= 0.3 is 0 Å². The fraction of sp³-hybridized carbons (Fsp3) is 0.833. The van der Waals surface area contributed by atoms with E-state index < -0.39 is 0 Å². The van der Waals surface area contributed by atoms with Gasteiger partial charge in [0.2, 0.25) is 0 Å². The largest absolute Gasteiger partial charge is 0.375 e. The van der Waals surface area contributed by atoms with Crippen LogP contribution in [0.2, 0.25) is 0 Å². The van der Waals surface area contributed by atoms with Crippen LogP contribution in [0.1, 0.15) is 38.5 Å². The predicted molar refractivity (Wildman–Crippen MR) is 63.2 cm³/mol. The van der Waals surface area contributed by atoms with Gasteiger partial charge in [0.1, 0.15) is 0 Å². The SMILES string of the molecule is C=C(Cl)CNC1CCOC2(CCCC2)C1. The van der Waals surface area contributed by atoms with Gasteiger partial charge in [-0.2, -0.15) is 0 Å². The Bertz CT molecular complexity index is 236. The molecule has 2 aliphatic rings. The van der Waals surface area contributed by atoms with Crippen LogP contribution < -0.4 is 5.32 Å². The number of nitrogens with one attached hydrogen (secondary N) is 1. The standard InChI is InChI=1S/C12H20ClNO/c1-10(13)9-14-11-4-7-15-12(8-11)5-2-3-6-12/h11,14H,1-9H2. The lowest BCUT2D eigenvalue weighted by atomic mass is 9.89. The van der Waals surface area contributed by atoms with Gasteiger partial charge in [0.15, 0.2) is 0 Å². The number of halogens is 1. The molecule has 0 amide bonds. The second-order valence-electron chi connectivity index (χ2n) is 4.83. The summed E-state index contributed by atoms with van der Waals surface area (Å²) in [6.07, 6.45) is 7.40. The number of rotatable bonds is 3. The zero-order valence-electron chi connectivity index (χ0n) is 9.23. The summed E-state index contributed by atoms with van der Waals surface area (Å²) >= 11 is 5.76. The Balaban J connectivity index is 1.84. The Morgan fingerprint density at radius 3 is 2.87 bits per heavy atom. The highest BCUT2D eigenvalue weighted by Crippen LogP contribution is 2.39. The molecular weight excluding hydrogens is 210 g/mol. The lowest BCUT2D eigenvalue weighted by Gasteiger charge is -2.38. The molecule has 0 aromatic heterocycles. The van der Waals surface area contributed by atoms with E-state index in [9.17, 15) is 0 Å². The van der Waals surface area contributed by atoms with Crippen LogP contribution in [0.25, 0.3) is 0 Å². The Kier molecular flexibility index (Phi) is 3.70. The van der Waals surface area contributed by atoms with Crippen molar-refractivity contribution in [2.45, 2.75) is 50.2 Å². The average molecular weight is 230 g/mol. The summed E-state index contributed by atoms with van der Waals surface area (Å²) in [6, 6.07) is 0.562. The van der Waals surface area contributed by atoms with E-state index in [1.165, 1.54) is 25.7 Å². The summed E-state index contributed by atoms with van der Waals surface area (Å²) in [6.45, 7) is 5.32. The molecule has 1 N–H and O–H groups in total. The number of hydrogen-bond acceptors (Lipinski definition) is 2. The first kappa shape index (κ1) is 11.4. The Labute approximate surface area is 97.0 Å². The summed E-state index contributed by atoms with van der Waals surface area (Å²) in [5.74, 6) is 0. The molecule has 1 atom stereocenters. The number of hydrogen-bond donors (Lipinski definition) is 1. The molecule has 86 valence electrons. The van der Waals surface area contributed by atoms with Crippen LogP contribution in [0, 0.1) is 0 Å². The van der Waals surface area contributed by atoms with Crippen molar-refractivity contribution in [2.24, 2.45) is 0 Å². The fourth-order valence-corrected chi connectivity index (χ4v) is 2.90. The maximum Gasteiger partial charge on any atom is 0.0697 e. The van der Waals surface area contributed by atoms with Crippen molar-refractivity contribution in [1.29, 1.82) is 0 Å². The molecule has 0 radical (unpaired) electrons. The van der Waals surface area contributed by atoms with Crippen LogP contribution in [-0.2, 0) is 4.74 Å². The molecule has 1 unspecified atom stereocenters. The second-order valence-corrected chi connectivity index (χ2v) is 5.36. The molecule has 1 spiro atoms. The zero-order chi connectivity index (χ0) is 10.7. The molecule has 1 saturated heterocycles. The average Bonchev–Trinajstić information content (AvgIpc) is 2.63. The van der Waals surface area contributed by atoms with Crippen molar-refractivity contribution in [1.82, 2.24) is 5.32 Å². The summed E-state index contributed by atoms with van der Waals surface area (Å²) in [7, 11) is 0. The summed E-state index contributed by atoms with van der Waals surface area (Å²) < 4.78 is 5.97. The molecule has 1 aliphatic carbocycles. The van der Waals surface area contributed by atoms with Crippen LogP contribution in [0.15, 0.2) is 11.6 Å². The minimum absolute atomic E-state index is 0.198. The number of ether oxygens (including phenoxy) is 1. The molecule has 0 bridgehead atoms. The first-order valence-corrected chi connectivity index (χ1v) is 6.29. The van der Waals surface area contributed by atoms with Crippen LogP contribution >= 0.6 is 11.6 Å². The van der Waals surface area contributed by atoms with E-state index in [2.05, 4.69) is 11.9 Å². The highest BCUT2D eigenvalue weighted by atomic mass is 35.5. The molecule has 0 aromatic carbocycles. The van der Waals surface area contributed by atoms with E-state index in [0.717, 1.165) is 26.0 Å². The smallest absolute Gasteiger partial charge is 0.0697 e. The third-order valence-electron chi connectivity index (χ3n) is 3.59. The van der Waals surface area contributed by atoms with Crippen molar-refractivity contribution in [2.75, 3.05) is 13.2 Å². The molecule has 1 aliphatic heterocycles. The quantitative estimate of drug-likeness (QED) is 0.804. The van der Waals surface area contributed by atoms with Gasteiger partial charge in [-0.05, 0) is 25.7 Å². The van der Waals surface area contributed by atoms with Crippen LogP contribution in [0.3, 0.4) is 0 Å². The molecule has 1 saturated carbocycles. The Morgan fingerprint density at radius 2 is 2.20 bits per heavy atom. The summed E-state index contributed by atoms with van der Waals surface area (Å²) in [5, 5.41) is 4.16. The van der Waals surface area contributed by atoms with E-state index >= 15 is 0 Å². The van der Waals surface area contributed by atoms with Gasteiger partial charge in [-0.1, -0.05) is 31.0 Å². The molecule has 2 nitrogen and oxygen atoms in total. The normalized spacial score (nSPS) is 29.5. The van der Waals surface area contributed by atoms with E-state index in [-0.39, 0.29) is 5.60 Å². The Morgan fingerprint density at radius 1 is 1.47 bits per heavy atom. The molecule has 1 heterocycles. The topological polar surface area (TPSA) is 21.3 Å². The molecular formula is C12H20ClNO. The van der Waals surface area contributed by atoms with Gasteiger partial charge in [0, 0.05) is 24.2 Å². The van der Waals surface area contributed by atoms with Gasteiger partial charge in [-0.25, -0.2) is 0 Å². The van der Waals surface area contributed by atoms with Crippen molar-refractivity contribution in [3.05, 3.63) is 11.6 Å². The minimum Gasteiger partial charge on any atom is -0.375 e. The monoisotopic (exact) mass is 229 g/mol. The van der Waals surface area contributed by atoms with E-state index in [0.29, 0.717) is 11.1 Å². The zero-order valence-corrected chi connectivity index (χ0v) is 9.98. The van der Waals surface area contributed by atoms with E-state index in [1.54, 1.807) is 0 Å². The van der Waals surface area contributed by atoms with Crippen molar-refractivity contribution in [3.8, 4) is 0 Å². The molecule has 2 fully saturated rings. The fourth-order valence-electron chi connectivity index (χ4n) is 2.82.